The zero-order chi connectivity index (χ0) is 21.2. The summed E-state index contributed by atoms with van der Waals surface area (Å²) < 4.78 is 38.6. The van der Waals surface area contributed by atoms with Crippen molar-refractivity contribution in [2.45, 2.75) is 32.0 Å². The van der Waals surface area contributed by atoms with Crippen LogP contribution in [0.1, 0.15) is 41.0 Å². The average Bonchev–Trinajstić information content (AvgIpc) is 3.14. The van der Waals surface area contributed by atoms with Crippen molar-refractivity contribution in [1.82, 2.24) is 15.1 Å². The van der Waals surface area contributed by atoms with Crippen LogP contribution in [0.5, 0.6) is 0 Å². The third-order valence-electron chi connectivity index (χ3n) is 5.09. The summed E-state index contributed by atoms with van der Waals surface area (Å²) in [6, 6.07) is 4.16. The van der Waals surface area contributed by atoms with E-state index < -0.39 is 17.8 Å². The first-order chi connectivity index (χ1) is 13.7. The Labute approximate surface area is 171 Å². The van der Waals surface area contributed by atoms with E-state index in [2.05, 4.69) is 27.2 Å². The van der Waals surface area contributed by atoms with Crippen LogP contribution < -0.4 is 5.32 Å². The molecule has 10 heteroatoms. The quantitative estimate of drug-likeness (QED) is 0.617. The first-order valence-electron chi connectivity index (χ1n) is 9.12. The molecule has 1 saturated carbocycles. The zero-order valence-corrected chi connectivity index (χ0v) is 16.6. The minimum Gasteiger partial charge on any atom is -0.386 e. The van der Waals surface area contributed by atoms with Crippen molar-refractivity contribution in [3.8, 4) is 0 Å². The van der Waals surface area contributed by atoms with Crippen LogP contribution in [-0.2, 0) is 12.7 Å². The molecular weight excluding hydrogens is 407 g/mol. The lowest BCUT2D eigenvalue weighted by Gasteiger charge is -2.32. The fourth-order valence-corrected chi connectivity index (χ4v) is 3.50. The summed E-state index contributed by atoms with van der Waals surface area (Å²) in [5, 5.41) is 8.83. The largest absolute Gasteiger partial charge is 0.435 e. The molecule has 2 N–H and O–H groups in total. The number of alkyl halides is 3. The lowest BCUT2D eigenvalue weighted by Crippen LogP contribution is -2.37. The Hall–Kier alpha value is -2.55. The number of anilines is 1. The number of aromatic nitrogens is 2. The molecule has 29 heavy (non-hydrogen) atoms. The van der Waals surface area contributed by atoms with Crippen molar-refractivity contribution >= 4 is 35.6 Å². The van der Waals surface area contributed by atoms with E-state index in [1.54, 1.807) is 19.2 Å². The van der Waals surface area contributed by atoms with Gasteiger partial charge in [0.25, 0.3) is 5.91 Å². The number of nitrogens with one attached hydrogen (secondary N) is 2. The van der Waals surface area contributed by atoms with Gasteiger partial charge in [0.1, 0.15) is 5.69 Å². The second kappa shape index (κ2) is 8.44. The summed E-state index contributed by atoms with van der Waals surface area (Å²) in [5.74, 6) is -0.267. The number of rotatable bonds is 7. The maximum atomic E-state index is 13.0. The van der Waals surface area contributed by atoms with Crippen LogP contribution in [-0.4, -0.2) is 41.3 Å². The van der Waals surface area contributed by atoms with Gasteiger partial charge in [0.15, 0.2) is 5.69 Å². The highest BCUT2D eigenvalue weighted by molar-refractivity contribution is 6.32. The molecule has 0 spiro atoms. The second-order valence-corrected chi connectivity index (χ2v) is 7.38. The Morgan fingerprint density at radius 3 is 2.69 bits per heavy atom. The zero-order valence-electron chi connectivity index (χ0n) is 15.8. The first-order valence-corrected chi connectivity index (χ1v) is 9.50. The number of amides is 1. The molecule has 1 heterocycles. The van der Waals surface area contributed by atoms with Crippen molar-refractivity contribution in [3.63, 3.8) is 0 Å². The molecule has 0 atom stereocenters. The number of aromatic amines is 1. The van der Waals surface area contributed by atoms with Crippen LogP contribution in [0.25, 0.3) is 0 Å². The topological polar surface area (TPSA) is 73.4 Å². The average molecular weight is 428 g/mol. The molecule has 0 saturated heterocycles. The summed E-state index contributed by atoms with van der Waals surface area (Å²) in [6.07, 6.45) is -1.61. The summed E-state index contributed by atoms with van der Waals surface area (Å²) >= 11 is 6.36. The molecule has 156 valence electrons. The fourth-order valence-electron chi connectivity index (χ4n) is 3.29. The van der Waals surface area contributed by atoms with Gasteiger partial charge in [-0.05, 0) is 37.6 Å². The number of aliphatic imine (C=N–C) groups is 1. The molecule has 0 aliphatic heterocycles. The van der Waals surface area contributed by atoms with Gasteiger partial charge in [-0.2, -0.15) is 18.3 Å². The van der Waals surface area contributed by atoms with Crippen LogP contribution in [0.15, 0.2) is 23.2 Å². The van der Waals surface area contributed by atoms with Crippen molar-refractivity contribution in [1.29, 1.82) is 0 Å². The van der Waals surface area contributed by atoms with Gasteiger partial charge < -0.3 is 10.2 Å². The van der Waals surface area contributed by atoms with Gasteiger partial charge in [-0.25, -0.2) is 0 Å². The van der Waals surface area contributed by atoms with E-state index in [-0.39, 0.29) is 12.2 Å². The van der Waals surface area contributed by atoms with E-state index in [1.807, 2.05) is 0 Å². The van der Waals surface area contributed by atoms with Gasteiger partial charge in [0.2, 0.25) is 0 Å². The lowest BCUT2D eigenvalue weighted by atomic mass is 9.85. The van der Waals surface area contributed by atoms with Gasteiger partial charge in [0.05, 0.1) is 11.4 Å². The van der Waals surface area contributed by atoms with E-state index >= 15 is 0 Å². The fraction of sp³-hybridized carbons (Fsp3) is 0.421. The predicted molar refractivity (Wildman–Crippen MR) is 106 cm³/mol. The predicted octanol–water partition coefficient (Wildman–Crippen LogP) is 4.90. The molecule has 0 radical (unpaired) electrons. The number of hydrogen-bond donors (Lipinski definition) is 2. The standard InChI is InChI=1S/C19H21ClF3N5O/c1-24-14-7-6-13(20)12(17(14)25-2)10-28(9-11-4-3-5-11)18(29)15-8-16(27-26-15)19(21,22)23/h6-8,11,24H,2-5,9-10H2,1H3,(H,26,27). The molecule has 1 amide bonds. The Kier molecular flexibility index (Phi) is 6.16. The smallest absolute Gasteiger partial charge is 0.386 e. The van der Waals surface area contributed by atoms with Gasteiger partial charge in [-0.15, -0.1) is 0 Å². The molecular formula is C19H21ClF3N5O. The van der Waals surface area contributed by atoms with Crippen molar-refractivity contribution in [2.24, 2.45) is 10.9 Å². The molecule has 6 nitrogen and oxygen atoms in total. The number of benzene rings is 1. The molecule has 1 fully saturated rings. The van der Waals surface area contributed by atoms with Gasteiger partial charge in [-0.3, -0.25) is 14.9 Å². The van der Waals surface area contributed by atoms with E-state index in [1.165, 1.54) is 4.90 Å². The highest BCUT2D eigenvalue weighted by Gasteiger charge is 2.35. The van der Waals surface area contributed by atoms with Crippen molar-refractivity contribution < 1.29 is 18.0 Å². The molecule has 0 unspecified atom stereocenters. The summed E-state index contributed by atoms with van der Waals surface area (Å²) in [7, 11) is 1.72. The van der Waals surface area contributed by atoms with Gasteiger partial charge in [-0.1, -0.05) is 18.0 Å². The first kappa shape index (κ1) is 21.2. The van der Waals surface area contributed by atoms with E-state index in [9.17, 15) is 18.0 Å². The van der Waals surface area contributed by atoms with Crippen molar-refractivity contribution in [3.05, 3.63) is 40.2 Å². The second-order valence-electron chi connectivity index (χ2n) is 6.98. The third-order valence-corrected chi connectivity index (χ3v) is 5.45. The number of carbonyl (C=O) groups is 1. The molecule has 1 aromatic heterocycles. The van der Waals surface area contributed by atoms with Crippen molar-refractivity contribution in [2.75, 3.05) is 18.9 Å². The minimum atomic E-state index is -4.63. The molecule has 1 aliphatic rings. The molecule has 1 aromatic carbocycles. The number of halogens is 4. The van der Waals surface area contributed by atoms with Crippen LogP contribution >= 0.6 is 11.6 Å². The minimum absolute atomic E-state index is 0.0956. The van der Waals surface area contributed by atoms with Crippen LogP contribution in [0.4, 0.5) is 24.5 Å². The molecule has 1 aliphatic carbocycles. The molecule has 3 rings (SSSR count). The monoisotopic (exact) mass is 427 g/mol. The number of H-pyrrole nitrogens is 1. The SMILES string of the molecule is C=Nc1c(NC)ccc(Cl)c1CN(CC1CCC1)C(=O)c1cc(C(F)(F)F)n[nH]1. The van der Waals surface area contributed by atoms with E-state index in [0.29, 0.717) is 34.4 Å². The number of hydrogen-bond acceptors (Lipinski definition) is 4. The normalized spacial score (nSPS) is 14.4. The van der Waals surface area contributed by atoms with Gasteiger partial charge in [0, 0.05) is 36.8 Å². The van der Waals surface area contributed by atoms with Gasteiger partial charge >= 0.3 is 6.18 Å². The number of nitrogens with zero attached hydrogens (tertiary/aromatic N) is 3. The molecule has 2 aromatic rings. The van der Waals surface area contributed by atoms with Crippen LogP contribution in [0.2, 0.25) is 5.02 Å². The Morgan fingerprint density at radius 2 is 2.17 bits per heavy atom. The Bertz CT molecular complexity index is 908. The molecule has 0 bridgehead atoms. The number of carbonyl (C=O) groups excluding carboxylic acids is 1. The Morgan fingerprint density at radius 1 is 1.45 bits per heavy atom. The lowest BCUT2D eigenvalue weighted by molar-refractivity contribution is -0.141. The van der Waals surface area contributed by atoms with Crippen LogP contribution in [0.3, 0.4) is 0 Å². The van der Waals surface area contributed by atoms with Crippen LogP contribution in [0, 0.1) is 5.92 Å². The van der Waals surface area contributed by atoms with E-state index in [4.69, 9.17) is 11.6 Å². The Balaban J connectivity index is 1.93. The maximum Gasteiger partial charge on any atom is 0.435 e. The highest BCUT2D eigenvalue weighted by atomic mass is 35.5. The highest BCUT2D eigenvalue weighted by Crippen LogP contribution is 2.36. The summed E-state index contributed by atoms with van der Waals surface area (Å²) in [4.78, 5) is 18.5. The third kappa shape index (κ3) is 4.55. The summed E-state index contributed by atoms with van der Waals surface area (Å²) in [5.41, 5.74) is 0.429. The summed E-state index contributed by atoms with van der Waals surface area (Å²) in [6.45, 7) is 4.09. The maximum absolute atomic E-state index is 13.0. The van der Waals surface area contributed by atoms with E-state index in [0.717, 1.165) is 25.3 Å².